The Kier molecular flexibility index (Phi) is 4.33. The van der Waals surface area contributed by atoms with Crippen LogP contribution in [0.25, 0.3) is 0 Å². The van der Waals surface area contributed by atoms with Crippen molar-refractivity contribution in [3.63, 3.8) is 0 Å². The number of rotatable bonds is 3. The van der Waals surface area contributed by atoms with Gasteiger partial charge in [0.15, 0.2) is 5.69 Å². The van der Waals surface area contributed by atoms with Gasteiger partial charge < -0.3 is 19.1 Å². The molecule has 30 heavy (non-hydrogen) atoms. The summed E-state index contributed by atoms with van der Waals surface area (Å²) >= 11 is 0. The lowest BCUT2D eigenvalue weighted by Crippen LogP contribution is -2.67. The summed E-state index contributed by atoms with van der Waals surface area (Å²) < 4.78 is 45.7. The Morgan fingerprint density at radius 2 is 1.87 bits per heavy atom. The summed E-state index contributed by atoms with van der Waals surface area (Å²) in [7, 11) is 0. The summed E-state index contributed by atoms with van der Waals surface area (Å²) in [6, 6.07) is 0.235. The average Bonchev–Trinajstić information content (AvgIpc) is 3.32. The van der Waals surface area contributed by atoms with Crippen molar-refractivity contribution in [1.82, 2.24) is 34.5 Å². The van der Waals surface area contributed by atoms with E-state index in [1.165, 1.54) is 6.20 Å². The number of alkyl halides is 3. The Hall–Kier alpha value is -2.92. The standard InChI is InChI=1S/C18H20F3N7O2/c19-18(20,21)14-5-22-6-15(25-14)30-13-3-17(4-13)8-27(9-17)16(29)26-2-1-12(7-26)28-10-23-24-11-28/h5-6,10-13H,1-4,7-9H2/t12-/m1/s1. The molecule has 3 aliphatic rings. The van der Waals surface area contributed by atoms with Crippen molar-refractivity contribution in [3.8, 4) is 5.88 Å². The first-order chi connectivity index (χ1) is 14.3. The predicted molar refractivity (Wildman–Crippen MR) is 95.3 cm³/mol. The minimum absolute atomic E-state index is 0.00276. The van der Waals surface area contributed by atoms with E-state index >= 15 is 0 Å². The summed E-state index contributed by atoms with van der Waals surface area (Å²) in [6.45, 7) is 2.63. The summed E-state index contributed by atoms with van der Waals surface area (Å²) in [6.07, 6.45) is 2.71. The van der Waals surface area contributed by atoms with Crippen molar-refractivity contribution in [2.24, 2.45) is 5.41 Å². The van der Waals surface area contributed by atoms with Crippen molar-refractivity contribution in [1.29, 1.82) is 0 Å². The van der Waals surface area contributed by atoms with Gasteiger partial charge in [-0.15, -0.1) is 10.2 Å². The molecule has 2 amide bonds. The van der Waals surface area contributed by atoms with Gasteiger partial charge in [0.25, 0.3) is 0 Å². The van der Waals surface area contributed by atoms with Crippen LogP contribution in [-0.4, -0.2) is 72.8 Å². The topological polar surface area (TPSA) is 89.3 Å². The first-order valence-electron chi connectivity index (χ1n) is 9.75. The highest BCUT2D eigenvalue weighted by Crippen LogP contribution is 2.50. The number of carbonyl (C=O) groups excluding carboxylic acids is 1. The molecule has 0 unspecified atom stereocenters. The molecule has 12 heteroatoms. The van der Waals surface area contributed by atoms with Crippen LogP contribution in [0.5, 0.6) is 5.88 Å². The number of halogens is 3. The molecule has 0 bridgehead atoms. The molecule has 2 aromatic heterocycles. The number of hydrogen-bond acceptors (Lipinski definition) is 6. The molecule has 4 heterocycles. The first kappa shape index (κ1) is 19.1. The van der Waals surface area contributed by atoms with E-state index in [-0.39, 0.29) is 29.5 Å². The minimum atomic E-state index is -4.55. The normalized spacial score (nSPS) is 23.4. The first-order valence-corrected chi connectivity index (χ1v) is 9.75. The molecule has 5 rings (SSSR count). The fourth-order valence-corrected chi connectivity index (χ4v) is 4.61. The van der Waals surface area contributed by atoms with Crippen molar-refractivity contribution in [3.05, 3.63) is 30.7 Å². The van der Waals surface area contributed by atoms with Gasteiger partial charge in [-0.25, -0.2) is 9.78 Å². The molecule has 0 aromatic carbocycles. The van der Waals surface area contributed by atoms with E-state index in [9.17, 15) is 18.0 Å². The van der Waals surface area contributed by atoms with Gasteiger partial charge in [0.05, 0.1) is 18.4 Å². The zero-order valence-corrected chi connectivity index (χ0v) is 16.0. The molecule has 1 spiro atoms. The van der Waals surface area contributed by atoms with Crippen LogP contribution < -0.4 is 4.74 Å². The number of hydrogen-bond donors (Lipinski definition) is 0. The lowest BCUT2D eigenvalue weighted by Gasteiger charge is -2.58. The summed E-state index contributed by atoms with van der Waals surface area (Å²) in [5, 5.41) is 7.63. The summed E-state index contributed by atoms with van der Waals surface area (Å²) in [5.74, 6) is -0.117. The van der Waals surface area contributed by atoms with Crippen LogP contribution in [-0.2, 0) is 6.18 Å². The molecule has 0 radical (unpaired) electrons. The fraction of sp³-hybridized carbons (Fsp3) is 0.611. The maximum Gasteiger partial charge on any atom is 0.435 e. The SMILES string of the molecule is O=C(N1CC[C@@H](n2cnnc2)C1)N1CC2(CC(Oc3cncc(C(F)(F)F)n3)C2)C1. The molecular formula is C18H20F3N7O2. The van der Waals surface area contributed by atoms with Crippen LogP contribution >= 0.6 is 0 Å². The van der Waals surface area contributed by atoms with Crippen LogP contribution in [0.2, 0.25) is 0 Å². The van der Waals surface area contributed by atoms with Gasteiger partial charge in [0.1, 0.15) is 18.8 Å². The zero-order valence-electron chi connectivity index (χ0n) is 16.0. The van der Waals surface area contributed by atoms with Crippen LogP contribution in [0.4, 0.5) is 18.0 Å². The second-order valence-corrected chi connectivity index (χ2v) is 8.32. The van der Waals surface area contributed by atoms with E-state index in [1.807, 2.05) is 14.4 Å². The van der Waals surface area contributed by atoms with Crippen LogP contribution in [0.3, 0.4) is 0 Å². The van der Waals surface area contributed by atoms with E-state index in [0.29, 0.717) is 45.2 Å². The van der Waals surface area contributed by atoms with Gasteiger partial charge in [0, 0.05) is 31.6 Å². The van der Waals surface area contributed by atoms with Crippen LogP contribution in [0.1, 0.15) is 31.0 Å². The van der Waals surface area contributed by atoms with Gasteiger partial charge in [-0.2, -0.15) is 13.2 Å². The number of amides is 2. The third kappa shape index (κ3) is 3.43. The quantitative estimate of drug-likeness (QED) is 0.750. The van der Waals surface area contributed by atoms with Gasteiger partial charge in [-0.3, -0.25) is 4.98 Å². The van der Waals surface area contributed by atoms with Gasteiger partial charge >= 0.3 is 12.2 Å². The number of carbonyl (C=O) groups is 1. The Labute approximate surface area is 169 Å². The predicted octanol–water partition coefficient (Wildman–Crippen LogP) is 2.00. The molecule has 1 atom stereocenters. The molecule has 1 saturated carbocycles. The van der Waals surface area contributed by atoms with Crippen molar-refractivity contribution in [2.75, 3.05) is 26.2 Å². The number of nitrogens with zero attached hydrogens (tertiary/aromatic N) is 7. The Morgan fingerprint density at radius 3 is 2.57 bits per heavy atom. The third-order valence-corrected chi connectivity index (χ3v) is 6.13. The average molecular weight is 423 g/mol. The second-order valence-electron chi connectivity index (χ2n) is 8.32. The van der Waals surface area contributed by atoms with Crippen molar-refractivity contribution in [2.45, 2.75) is 37.6 Å². The molecule has 2 aromatic rings. The van der Waals surface area contributed by atoms with Crippen LogP contribution in [0.15, 0.2) is 25.0 Å². The molecule has 160 valence electrons. The molecule has 2 aliphatic heterocycles. The largest absolute Gasteiger partial charge is 0.473 e. The molecular weight excluding hydrogens is 403 g/mol. The fourth-order valence-electron chi connectivity index (χ4n) is 4.61. The van der Waals surface area contributed by atoms with E-state index in [0.717, 1.165) is 6.42 Å². The Balaban J connectivity index is 1.10. The molecule has 2 saturated heterocycles. The zero-order chi connectivity index (χ0) is 20.9. The van der Waals surface area contributed by atoms with Gasteiger partial charge in [0.2, 0.25) is 5.88 Å². The van der Waals surface area contributed by atoms with Crippen molar-refractivity contribution < 1.29 is 22.7 Å². The smallest absolute Gasteiger partial charge is 0.435 e. The molecule has 3 fully saturated rings. The van der Waals surface area contributed by atoms with E-state index in [1.54, 1.807) is 12.7 Å². The molecule has 1 aliphatic carbocycles. The van der Waals surface area contributed by atoms with Gasteiger partial charge in [-0.1, -0.05) is 0 Å². The molecule has 9 nitrogen and oxygen atoms in total. The van der Waals surface area contributed by atoms with Crippen LogP contribution in [0, 0.1) is 5.41 Å². The molecule has 0 N–H and O–H groups in total. The number of urea groups is 1. The highest BCUT2D eigenvalue weighted by molar-refractivity contribution is 5.76. The number of aromatic nitrogens is 5. The summed E-state index contributed by atoms with van der Waals surface area (Å²) in [5.41, 5.74) is -1.06. The highest BCUT2D eigenvalue weighted by atomic mass is 19.4. The Bertz CT molecular complexity index is 922. The minimum Gasteiger partial charge on any atom is -0.473 e. The number of likely N-dealkylation sites (tertiary alicyclic amines) is 2. The lowest BCUT2D eigenvalue weighted by molar-refractivity contribution is -0.142. The summed E-state index contributed by atoms with van der Waals surface area (Å²) in [4.78, 5) is 23.5. The number of ether oxygens (including phenoxy) is 1. The maximum atomic E-state index is 12.7. The van der Waals surface area contributed by atoms with E-state index in [4.69, 9.17) is 4.74 Å². The van der Waals surface area contributed by atoms with E-state index < -0.39 is 11.9 Å². The second kappa shape index (κ2) is 6.81. The monoisotopic (exact) mass is 423 g/mol. The maximum absolute atomic E-state index is 12.7. The van der Waals surface area contributed by atoms with Crippen molar-refractivity contribution >= 4 is 6.03 Å². The van der Waals surface area contributed by atoms with Gasteiger partial charge in [-0.05, 0) is 19.3 Å². The van der Waals surface area contributed by atoms with E-state index in [2.05, 4.69) is 20.2 Å². The Morgan fingerprint density at radius 1 is 1.13 bits per heavy atom. The highest BCUT2D eigenvalue weighted by Gasteiger charge is 2.55. The third-order valence-electron chi connectivity index (χ3n) is 6.13. The lowest BCUT2D eigenvalue weighted by atomic mass is 9.62.